The molecule has 7 nitrogen and oxygen atoms in total. The van der Waals surface area contributed by atoms with Crippen molar-refractivity contribution in [2.75, 3.05) is 0 Å². The number of carbonyl (C=O) groups is 2. The lowest BCUT2D eigenvalue weighted by Crippen LogP contribution is -2.32. The van der Waals surface area contributed by atoms with Gasteiger partial charge in [0.05, 0.1) is 24.4 Å². The van der Waals surface area contributed by atoms with Crippen LogP contribution >= 0.6 is 0 Å². The highest BCUT2D eigenvalue weighted by Crippen LogP contribution is 2.24. The topological polar surface area (TPSA) is 80.3 Å². The van der Waals surface area contributed by atoms with E-state index >= 15 is 0 Å². The summed E-state index contributed by atoms with van der Waals surface area (Å²) in [6, 6.07) is 13.5. The minimum Gasteiger partial charge on any atom is -0.457 e. The van der Waals surface area contributed by atoms with Gasteiger partial charge in [-0.1, -0.05) is 0 Å². The van der Waals surface area contributed by atoms with Gasteiger partial charge in [-0.2, -0.15) is 0 Å². The summed E-state index contributed by atoms with van der Waals surface area (Å²) in [5.41, 5.74) is 0.928. The Kier molecular flexibility index (Phi) is 11.0. The zero-order chi connectivity index (χ0) is 26.1. The van der Waals surface area contributed by atoms with E-state index in [-0.39, 0.29) is 36.0 Å². The molecule has 0 bridgehead atoms. The average Bonchev–Trinajstić information content (AvgIpc) is 2.77. The van der Waals surface area contributed by atoms with Gasteiger partial charge in [0.15, 0.2) is 0 Å². The Bertz CT molecular complexity index is 833. The second-order valence-electron chi connectivity index (χ2n) is 9.28. The Hall–Kier alpha value is -2.58. The molecule has 0 amide bonds. The van der Waals surface area contributed by atoms with E-state index in [0.29, 0.717) is 22.6 Å². The van der Waals surface area contributed by atoms with Crippen LogP contribution in [0.15, 0.2) is 48.5 Å². The first-order valence-electron chi connectivity index (χ1n) is 12.0. The van der Waals surface area contributed by atoms with Gasteiger partial charge in [0.1, 0.15) is 11.5 Å². The van der Waals surface area contributed by atoms with Crippen LogP contribution in [0.5, 0.6) is 11.5 Å². The van der Waals surface area contributed by atoms with Crippen molar-refractivity contribution in [3.63, 3.8) is 0 Å². The van der Waals surface area contributed by atoms with Gasteiger partial charge >= 0.3 is 0 Å². The van der Waals surface area contributed by atoms with Crippen LogP contribution in [-0.4, -0.2) is 48.6 Å². The van der Waals surface area contributed by atoms with Crippen molar-refractivity contribution >= 4 is 11.6 Å². The van der Waals surface area contributed by atoms with Crippen LogP contribution < -0.4 is 4.74 Å². The van der Waals surface area contributed by atoms with Crippen molar-refractivity contribution in [1.82, 2.24) is 0 Å². The largest absolute Gasteiger partial charge is 0.457 e. The van der Waals surface area contributed by atoms with Crippen LogP contribution in [0.2, 0.25) is 0 Å². The summed E-state index contributed by atoms with van der Waals surface area (Å²) in [5, 5.41) is 0. The molecule has 0 saturated carbocycles. The summed E-state index contributed by atoms with van der Waals surface area (Å²) >= 11 is 0. The normalized spacial score (nSPS) is 11.9. The molecule has 0 radical (unpaired) electrons. The molecular weight excluding hydrogens is 448 g/mol. The number of ketones is 2. The van der Waals surface area contributed by atoms with Crippen molar-refractivity contribution < 1.29 is 33.3 Å². The molecule has 192 valence electrons. The molecule has 0 unspecified atom stereocenters. The lowest BCUT2D eigenvalue weighted by atomic mass is 10.1. The Morgan fingerprint density at radius 2 is 0.743 bits per heavy atom. The first-order chi connectivity index (χ1) is 16.5. The summed E-state index contributed by atoms with van der Waals surface area (Å²) in [6.07, 6.45) is -2.52. The minimum atomic E-state index is -0.963. The van der Waals surface area contributed by atoms with Crippen molar-refractivity contribution in [2.45, 2.75) is 92.4 Å². The smallest absolute Gasteiger partial charge is 0.223 e. The van der Waals surface area contributed by atoms with Crippen molar-refractivity contribution in [3.8, 4) is 11.5 Å². The maximum Gasteiger partial charge on any atom is 0.223 e. The van der Waals surface area contributed by atoms with Crippen LogP contribution in [-0.2, 0) is 18.9 Å². The van der Waals surface area contributed by atoms with Gasteiger partial charge in [-0.3, -0.25) is 9.59 Å². The summed E-state index contributed by atoms with van der Waals surface area (Å²) in [6.45, 7) is 14.8. The maximum absolute atomic E-state index is 12.8. The molecule has 0 aliphatic rings. The third-order valence-electron chi connectivity index (χ3n) is 4.52. The molecule has 0 saturated heterocycles. The van der Waals surface area contributed by atoms with Gasteiger partial charge in [0.25, 0.3) is 0 Å². The number of hydrogen-bond acceptors (Lipinski definition) is 7. The van der Waals surface area contributed by atoms with Crippen LogP contribution in [0, 0.1) is 0 Å². The van der Waals surface area contributed by atoms with E-state index < -0.39 is 12.6 Å². The fraction of sp³-hybridized carbons (Fsp3) is 0.500. The van der Waals surface area contributed by atoms with Gasteiger partial charge in [0, 0.05) is 11.1 Å². The Balaban J connectivity index is 2.07. The summed E-state index contributed by atoms with van der Waals surface area (Å²) in [5.74, 6) is 0.610. The first kappa shape index (κ1) is 28.7. The molecule has 0 aromatic heterocycles. The molecule has 0 fully saturated rings. The van der Waals surface area contributed by atoms with Gasteiger partial charge < -0.3 is 23.7 Å². The van der Waals surface area contributed by atoms with Crippen molar-refractivity contribution in [3.05, 3.63) is 59.7 Å². The zero-order valence-corrected chi connectivity index (χ0v) is 21.9. The van der Waals surface area contributed by atoms with Gasteiger partial charge in [0.2, 0.25) is 24.1 Å². The Morgan fingerprint density at radius 3 is 0.971 bits per heavy atom. The predicted octanol–water partition coefficient (Wildman–Crippen LogP) is 6.20. The van der Waals surface area contributed by atoms with Crippen LogP contribution in [0.25, 0.3) is 0 Å². The van der Waals surface area contributed by atoms with Crippen LogP contribution in [0.3, 0.4) is 0 Å². The highest BCUT2D eigenvalue weighted by atomic mass is 16.7. The first-order valence-corrected chi connectivity index (χ1v) is 12.0. The molecule has 0 aliphatic heterocycles. The number of carbonyl (C=O) groups excluding carboxylic acids is 2. The number of rotatable bonds is 14. The maximum atomic E-state index is 12.8. The fourth-order valence-corrected chi connectivity index (χ4v) is 3.08. The Morgan fingerprint density at radius 1 is 0.486 bits per heavy atom. The molecule has 0 atom stereocenters. The molecule has 2 aromatic carbocycles. The highest BCUT2D eigenvalue weighted by molar-refractivity contribution is 5.99. The molecule has 0 N–H and O–H groups in total. The van der Waals surface area contributed by atoms with E-state index in [1.165, 1.54) is 0 Å². The standard InChI is InChI=1S/C28H38O7/c1-17(2)31-27(32-18(3)4)25(29)21-9-13-23(14-10-21)35-24-15-11-22(12-16-24)26(30)28(33-19(5)6)34-20(7)8/h9-20,27-28H,1-8H3. The third-order valence-corrected chi connectivity index (χ3v) is 4.52. The van der Waals surface area contributed by atoms with Gasteiger partial charge in [-0.15, -0.1) is 0 Å². The number of Topliss-reactive ketones (excluding diaryl/α,β-unsaturated/α-hetero) is 2. The fourth-order valence-electron chi connectivity index (χ4n) is 3.08. The van der Waals surface area contributed by atoms with E-state index in [0.717, 1.165) is 0 Å². The lowest BCUT2D eigenvalue weighted by molar-refractivity contribution is -0.153. The molecule has 7 heteroatoms. The molecule has 0 spiro atoms. The summed E-state index contributed by atoms with van der Waals surface area (Å²) in [7, 11) is 0. The summed E-state index contributed by atoms with van der Waals surface area (Å²) in [4.78, 5) is 25.7. The minimum absolute atomic E-state index is 0.149. The van der Waals surface area contributed by atoms with E-state index in [9.17, 15) is 9.59 Å². The monoisotopic (exact) mass is 486 g/mol. The molecular formula is C28H38O7. The van der Waals surface area contributed by atoms with Gasteiger partial charge in [-0.05, 0) is 104 Å². The number of benzene rings is 2. The molecule has 2 aromatic rings. The zero-order valence-electron chi connectivity index (χ0n) is 21.9. The second kappa shape index (κ2) is 13.5. The van der Waals surface area contributed by atoms with E-state index in [1.54, 1.807) is 48.5 Å². The number of ether oxygens (including phenoxy) is 5. The average molecular weight is 487 g/mol. The third kappa shape index (κ3) is 9.53. The van der Waals surface area contributed by atoms with E-state index in [1.807, 2.05) is 55.4 Å². The predicted molar refractivity (Wildman–Crippen MR) is 134 cm³/mol. The summed E-state index contributed by atoms with van der Waals surface area (Å²) < 4.78 is 28.5. The van der Waals surface area contributed by atoms with Crippen LogP contribution in [0.1, 0.15) is 76.1 Å². The molecule has 2 rings (SSSR count). The van der Waals surface area contributed by atoms with Crippen molar-refractivity contribution in [1.29, 1.82) is 0 Å². The number of hydrogen-bond donors (Lipinski definition) is 0. The van der Waals surface area contributed by atoms with Crippen molar-refractivity contribution in [2.24, 2.45) is 0 Å². The van der Waals surface area contributed by atoms with Crippen LogP contribution in [0.4, 0.5) is 0 Å². The van der Waals surface area contributed by atoms with Gasteiger partial charge in [-0.25, -0.2) is 0 Å². The SMILES string of the molecule is CC(C)OC(OC(C)C)C(=O)c1ccc(Oc2ccc(C(=O)C(OC(C)C)OC(C)C)cc2)cc1. The molecule has 0 heterocycles. The van der Waals surface area contributed by atoms with E-state index in [2.05, 4.69) is 0 Å². The quantitative estimate of drug-likeness (QED) is 0.232. The van der Waals surface area contributed by atoms with E-state index in [4.69, 9.17) is 23.7 Å². The molecule has 35 heavy (non-hydrogen) atoms. The highest BCUT2D eigenvalue weighted by Gasteiger charge is 2.25. The second-order valence-corrected chi connectivity index (χ2v) is 9.28. The Labute approximate surface area is 208 Å². The molecule has 0 aliphatic carbocycles. The lowest BCUT2D eigenvalue weighted by Gasteiger charge is -2.22.